The molecule has 0 amide bonds. The third-order valence-corrected chi connectivity index (χ3v) is 4.41. The van der Waals surface area contributed by atoms with Gasteiger partial charge >= 0.3 is 24.2 Å². The van der Waals surface area contributed by atoms with Crippen molar-refractivity contribution in [3.05, 3.63) is 23.8 Å². The average molecular weight is 484 g/mol. The molecule has 0 heterocycles. The number of carbonyl (C=O) groups excluding carboxylic acids is 4. The zero-order valence-corrected chi connectivity index (χ0v) is 20.3. The largest absolute Gasteiger partial charge is 0.513 e. The van der Waals surface area contributed by atoms with Gasteiger partial charge in [-0.15, -0.1) is 0 Å². The first-order valence-electron chi connectivity index (χ1n) is 11.0. The Labute approximate surface area is 198 Å². The summed E-state index contributed by atoms with van der Waals surface area (Å²) in [7, 11) is 0. The SMILES string of the molecule is CCOC(=O)Oc1ccc(C[C@H](N)C(=O)O[C@H](C)[C@@H](C)OC(=O)C(C)C)cc1OC(=O)OCC. The van der Waals surface area contributed by atoms with Gasteiger partial charge in [-0.25, -0.2) is 9.59 Å². The summed E-state index contributed by atoms with van der Waals surface area (Å²) in [6.45, 7) is 9.98. The summed E-state index contributed by atoms with van der Waals surface area (Å²) in [6.07, 6.45) is -3.34. The second-order valence-electron chi connectivity index (χ2n) is 7.60. The van der Waals surface area contributed by atoms with Crippen molar-refractivity contribution < 1.29 is 47.6 Å². The van der Waals surface area contributed by atoms with Crippen molar-refractivity contribution in [2.24, 2.45) is 11.7 Å². The van der Waals surface area contributed by atoms with E-state index in [1.54, 1.807) is 41.5 Å². The van der Waals surface area contributed by atoms with E-state index in [0.29, 0.717) is 5.56 Å². The van der Waals surface area contributed by atoms with Gasteiger partial charge in [0, 0.05) is 0 Å². The molecule has 1 rings (SSSR count). The summed E-state index contributed by atoms with van der Waals surface area (Å²) in [5.41, 5.74) is 6.48. The number of esters is 2. The van der Waals surface area contributed by atoms with Crippen LogP contribution in [0, 0.1) is 5.92 Å². The van der Waals surface area contributed by atoms with Gasteiger partial charge in [0.2, 0.25) is 0 Å². The summed E-state index contributed by atoms with van der Waals surface area (Å²) >= 11 is 0. The number of hydrogen-bond acceptors (Lipinski definition) is 11. The maximum Gasteiger partial charge on any atom is 0.513 e. The molecule has 0 aliphatic heterocycles. The summed E-state index contributed by atoms with van der Waals surface area (Å²) < 4.78 is 30.2. The lowest BCUT2D eigenvalue weighted by Gasteiger charge is -2.23. The van der Waals surface area contributed by atoms with Gasteiger partial charge in [-0.05, 0) is 51.8 Å². The third-order valence-electron chi connectivity index (χ3n) is 4.41. The zero-order valence-electron chi connectivity index (χ0n) is 20.3. The summed E-state index contributed by atoms with van der Waals surface area (Å²) in [5, 5.41) is 0. The normalized spacial score (nSPS) is 13.3. The van der Waals surface area contributed by atoms with Gasteiger partial charge in [-0.3, -0.25) is 9.59 Å². The van der Waals surface area contributed by atoms with Crippen LogP contribution in [-0.2, 0) is 35.0 Å². The van der Waals surface area contributed by atoms with Gasteiger partial charge in [0.05, 0.1) is 19.1 Å². The van der Waals surface area contributed by atoms with Crippen molar-refractivity contribution in [1.29, 1.82) is 0 Å². The van der Waals surface area contributed by atoms with Crippen LogP contribution in [0.25, 0.3) is 0 Å². The van der Waals surface area contributed by atoms with Crippen molar-refractivity contribution in [3.8, 4) is 11.5 Å². The molecule has 11 heteroatoms. The number of benzene rings is 1. The van der Waals surface area contributed by atoms with Gasteiger partial charge in [-0.2, -0.15) is 0 Å². The van der Waals surface area contributed by atoms with E-state index in [1.807, 2.05) is 0 Å². The quantitative estimate of drug-likeness (QED) is 0.281. The van der Waals surface area contributed by atoms with Gasteiger partial charge < -0.3 is 34.2 Å². The molecule has 0 saturated carbocycles. The predicted molar refractivity (Wildman–Crippen MR) is 119 cm³/mol. The summed E-state index contributed by atoms with van der Waals surface area (Å²) in [5.74, 6) is -1.62. The van der Waals surface area contributed by atoms with Gasteiger partial charge in [0.25, 0.3) is 0 Å². The fourth-order valence-corrected chi connectivity index (χ4v) is 2.44. The highest BCUT2D eigenvalue weighted by molar-refractivity contribution is 5.76. The minimum Gasteiger partial charge on any atom is -0.459 e. The third kappa shape index (κ3) is 9.65. The predicted octanol–water partition coefficient (Wildman–Crippen LogP) is 3.15. The fourth-order valence-electron chi connectivity index (χ4n) is 2.44. The van der Waals surface area contributed by atoms with Crippen molar-refractivity contribution in [3.63, 3.8) is 0 Å². The van der Waals surface area contributed by atoms with E-state index in [2.05, 4.69) is 0 Å². The first kappa shape index (κ1) is 28.7. The molecule has 1 aromatic rings. The van der Waals surface area contributed by atoms with Crippen LogP contribution < -0.4 is 15.2 Å². The second kappa shape index (κ2) is 14.0. The van der Waals surface area contributed by atoms with Crippen LogP contribution in [-0.4, -0.2) is 55.7 Å². The maximum atomic E-state index is 12.4. The molecule has 1 aromatic carbocycles. The summed E-state index contributed by atoms with van der Waals surface area (Å²) in [4.78, 5) is 47.6. The second-order valence-corrected chi connectivity index (χ2v) is 7.60. The van der Waals surface area contributed by atoms with Crippen LogP contribution in [0.4, 0.5) is 9.59 Å². The van der Waals surface area contributed by atoms with E-state index in [-0.39, 0.29) is 37.1 Å². The monoisotopic (exact) mass is 483 g/mol. The number of nitrogens with two attached hydrogens (primary N) is 1. The average Bonchev–Trinajstić information content (AvgIpc) is 2.75. The molecule has 0 bridgehead atoms. The molecule has 0 aromatic heterocycles. The summed E-state index contributed by atoms with van der Waals surface area (Å²) in [6, 6.07) is 3.22. The van der Waals surface area contributed by atoms with Crippen LogP contribution in [0.15, 0.2) is 18.2 Å². The Kier molecular flexibility index (Phi) is 11.8. The first-order chi connectivity index (χ1) is 16.0. The molecular formula is C23H33NO10. The van der Waals surface area contributed by atoms with E-state index in [1.165, 1.54) is 18.2 Å². The Morgan fingerprint density at radius 2 is 1.29 bits per heavy atom. The Bertz CT molecular complexity index is 854. The minimum atomic E-state index is -1.07. The van der Waals surface area contributed by atoms with E-state index in [9.17, 15) is 19.2 Å². The van der Waals surface area contributed by atoms with Gasteiger partial charge in [0.15, 0.2) is 11.5 Å². The zero-order chi connectivity index (χ0) is 25.8. The Morgan fingerprint density at radius 1 is 0.794 bits per heavy atom. The number of ether oxygens (including phenoxy) is 6. The highest BCUT2D eigenvalue weighted by atomic mass is 16.7. The molecule has 0 saturated heterocycles. The molecule has 2 N–H and O–H groups in total. The van der Waals surface area contributed by atoms with Crippen molar-refractivity contribution in [2.75, 3.05) is 13.2 Å². The van der Waals surface area contributed by atoms with Crippen LogP contribution in [0.2, 0.25) is 0 Å². The molecular weight excluding hydrogens is 450 g/mol. The number of hydrogen-bond donors (Lipinski definition) is 1. The van der Waals surface area contributed by atoms with Crippen molar-refractivity contribution in [1.82, 2.24) is 0 Å². The molecule has 190 valence electrons. The van der Waals surface area contributed by atoms with Crippen LogP contribution in [0.3, 0.4) is 0 Å². The van der Waals surface area contributed by atoms with Gasteiger partial charge in [-0.1, -0.05) is 19.9 Å². The molecule has 3 atom stereocenters. The van der Waals surface area contributed by atoms with Crippen molar-refractivity contribution in [2.45, 2.75) is 66.2 Å². The van der Waals surface area contributed by atoms with Crippen LogP contribution in [0.1, 0.15) is 47.1 Å². The molecule has 34 heavy (non-hydrogen) atoms. The Hall–Kier alpha value is -3.34. The molecule has 0 aliphatic carbocycles. The van der Waals surface area contributed by atoms with Gasteiger partial charge in [0.1, 0.15) is 18.2 Å². The minimum absolute atomic E-state index is 0.0184. The Morgan fingerprint density at radius 3 is 1.79 bits per heavy atom. The highest BCUT2D eigenvalue weighted by Gasteiger charge is 2.25. The fraction of sp³-hybridized carbons (Fsp3) is 0.565. The number of carbonyl (C=O) groups is 4. The smallest absolute Gasteiger partial charge is 0.459 e. The molecule has 0 fully saturated rings. The standard InChI is InChI=1S/C23H33NO10/c1-7-29-22(27)33-18-10-9-16(12-19(18)34-23(28)30-8-2)11-17(24)21(26)32-15(6)14(5)31-20(25)13(3)4/h9-10,12-15,17H,7-8,11,24H2,1-6H3/t14-,15-,17+/m1/s1. The topological polar surface area (TPSA) is 150 Å². The lowest BCUT2D eigenvalue weighted by molar-refractivity contribution is -0.168. The molecule has 0 radical (unpaired) electrons. The maximum absolute atomic E-state index is 12.4. The van der Waals surface area contributed by atoms with Crippen LogP contribution in [0.5, 0.6) is 11.5 Å². The lowest BCUT2D eigenvalue weighted by Crippen LogP contribution is -2.39. The van der Waals surface area contributed by atoms with Crippen LogP contribution >= 0.6 is 0 Å². The Balaban J connectivity index is 2.89. The lowest BCUT2D eigenvalue weighted by atomic mass is 10.1. The van der Waals surface area contributed by atoms with Crippen molar-refractivity contribution >= 4 is 24.2 Å². The van der Waals surface area contributed by atoms with E-state index < -0.39 is 42.5 Å². The van der Waals surface area contributed by atoms with E-state index in [4.69, 9.17) is 34.2 Å². The molecule has 0 unspecified atom stereocenters. The molecule has 11 nitrogen and oxygen atoms in total. The van der Waals surface area contributed by atoms with E-state index in [0.717, 1.165) is 0 Å². The molecule has 0 spiro atoms. The number of rotatable bonds is 11. The van der Waals surface area contributed by atoms with E-state index >= 15 is 0 Å². The highest BCUT2D eigenvalue weighted by Crippen LogP contribution is 2.30. The first-order valence-corrected chi connectivity index (χ1v) is 11.0. The molecule has 0 aliphatic rings.